The summed E-state index contributed by atoms with van der Waals surface area (Å²) in [5.41, 5.74) is 6.67. The Hall–Kier alpha value is -0.850. The molecule has 3 N–H and O–H groups in total. The molecule has 1 fully saturated rings. The second-order valence-electron chi connectivity index (χ2n) is 6.05. The van der Waals surface area contributed by atoms with Gasteiger partial charge < -0.3 is 10.3 Å². The van der Waals surface area contributed by atoms with E-state index in [1.54, 1.807) is 12.3 Å². The molecule has 1 aromatic heterocycles. The van der Waals surface area contributed by atoms with Gasteiger partial charge in [-0.25, -0.2) is 13.1 Å². The Bertz CT molecular complexity index is 559. The quantitative estimate of drug-likeness (QED) is 0.806. The first-order chi connectivity index (χ1) is 9.40. The van der Waals surface area contributed by atoms with Crippen molar-refractivity contribution in [1.29, 1.82) is 0 Å². The molecule has 0 saturated heterocycles. The molecular weight excluding hydrogens is 274 g/mol. The number of aromatic nitrogens is 1. The topological polar surface area (TPSA) is 77.1 Å². The Morgan fingerprint density at radius 2 is 2.15 bits per heavy atom. The summed E-state index contributed by atoms with van der Waals surface area (Å²) in [7, 11) is -3.43. The van der Waals surface area contributed by atoms with Gasteiger partial charge >= 0.3 is 0 Å². The minimum absolute atomic E-state index is 0.135. The van der Waals surface area contributed by atoms with Crippen molar-refractivity contribution in [2.45, 2.75) is 57.5 Å². The van der Waals surface area contributed by atoms with Gasteiger partial charge in [-0.05, 0) is 30.7 Å². The lowest BCUT2D eigenvalue weighted by molar-refractivity contribution is 0.166. The fourth-order valence-electron chi connectivity index (χ4n) is 2.60. The highest BCUT2D eigenvalue weighted by atomic mass is 32.2. The summed E-state index contributed by atoms with van der Waals surface area (Å²) in [5, 5.41) is 0. The van der Waals surface area contributed by atoms with Crippen LogP contribution in [-0.2, 0) is 23.1 Å². The Morgan fingerprint density at radius 3 is 2.65 bits per heavy atom. The molecule has 0 unspecified atom stereocenters. The van der Waals surface area contributed by atoms with E-state index in [9.17, 15) is 8.42 Å². The largest absolute Gasteiger partial charge is 0.349 e. The van der Waals surface area contributed by atoms with Crippen LogP contribution in [0.5, 0.6) is 0 Å². The van der Waals surface area contributed by atoms with Gasteiger partial charge in [0.25, 0.3) is 0 Å². The van der Waals surface area contributed by atoms with Crippen molar-refractivity contribution in [2.75, 3.05) is 6.54 Å². The zero-order valence-corrected chi connectivity index (χ0v) is 13.2. The molecule has 2 rings (SSSR count). The average molecular weight is 299 g/mol. The van der Waals surface area contributed by atoms with Gasteiger partial charge in [0, 0.05) is 31.5 Å². The normalized spacial score (nSPS) is 17.9. The summed E-state index contributed by atoms with van der Waals surface area (Å²) in [5.74, 6) is 0. The van der Waals surface area contributed by atoms with E-state index >= 15 is 0 Å². The van der Waals surface area contributed by atoms with Gasteiger partial charge in [0.2, 0.25) is 10.0 Å². The maximum absolute atomic E-state index is 12.3. The van der Waals surface area contributed by atoms with E-state index in [0.29, 0.717) is 18.0 Å². The molecule has 0 aliphatic heterocycles. The number of nitrogens with two attached hydrogens (primary N) is 1. The molecule has 114 valence electrons. The molecule has 1 aliphatic carbocycles. The molecule has 1 heterocycles. The number of nitrogens with one attached hydrogen (secondary N) is 1. The number of aryl methyl sites for hydroxylation is 1. The third-order valence-electron chi connectivity index (χ3n) is 4.19. The van der Waals surface area contributed by atoms with Crippen LogP contribution in [0.2, 0.25) is 0 Å². The zero-order chi connectivity index (χ0) is 14.8. The SMILES string of the molecule is CCCn1cc(S(=O)(=O)NCC2(C)CCC2)cc1CN. The molecule has 0 radical (unpaired) electrons. The lowest BCUT2D eigenvalue weighted by Gasteiger charge is -2.38. The lowest BCUT2D eigenvalue weighted by atomic mass is 9.71. The molecule has 0 amide bonds. The van der Waals surface area contributed by atoms with Crippen molar-refractivity contribution in [3.05, 3.63) is 18.0 Å². The summed E-state index contributed by atoms with van der Waals surface area (Å²) in [6.45, 7) is 5.86. The molecular formula is C14H25N3O2S. The van der Waals surface area contributed by atoms with Crippen LogP contribution < -0.4 is 10.5 Å². The summed E-state index contributed by atoms with van der Waals surface area (Å²) in [6, 6.07) is 1.68. The average Bonchev–Trinajstić information content (AvgIpc) is 2.79. The van der Waals surface area contributed by atoms with Crippen molar-refractivity contribution in [3.8, 4) is 0 Å². The monoisotopic (exact) mass is 299 g/mol. The number of nitrogens with zero attached hydrogens (tertiary/aromatic N) is 1. The fraction of sp³-hybridized carbons (Fsp3) is 0.714. The lowest BCUT2D eigenvalue weighted by Crippen LogP contribution is -2.39. The molecule has 1 aromatic rings. The van der Waals surface area contributed by atoms with Crippen molar-refractivity contribution in [3.63, 3.8) is 0 Å². The minimum atomic E-state index is -3.43. The molecule has 1 saturated carbocycles. The fourth-order valence-corrected chi connectivity index (χ4v) is 3.87. The highest BCUT2D eigenvalue weighted by Crippen LogP contribution is 2.39. The van der Waals surface area contributed by atoms with Crippen LogP contribution in [0.3, 0.4) is 0 Å². The molecule has 0 spiro atoms. The smallest absolute Gasteiger partial charge is 0.242 e. The Kier molecular flexibility index (Phi) is 4.56. The van der Waals surface area contributed by atoms with E-state index in [1.807, 2.05) is 4.57 Å². The number of rotatable bonds is 7. The van der Waals surface area contributed by atoms with Crippen LogP contribution in [-0.4, -0.2) is 19.5 Å². The van der Waals surface area contributed by atoms with Gasteiger partial charge in [0.05, 0.1) is 4.90 Å². The summed E-state index contributed by atoms with van der Waals surface area (Å²) >= 11 is 0. The van der Waals surface area contributed by atoms with Crippen LogP contribution in [0.1, 0.15) is 45.2 Å². The standard InChI is InChI=1S/C14H25N3O2S/c1-3-7-17-10-13(8-12(17)9-15)20(18,19)16-11-14(2)5-4-6-14/h8,10,16H,3-7,9,11,15H2,1-2H3. The molecule has 20 heavy (non-hydrogen) atoms. The third kappa shape index (κ3) is 3.24. The van der Waals surface area contributed by atoms with Gasteiger partial charge in [-0.15, -0.1) is 0 Å². The predicted molar refractivity (Wildman–Crippen MR) is 79.8 cm³/mol. The molecule has 1 aliphatic rings. The summed E-state index contributed by atoms with van der Waals surface area (Å²) < 4.78 is 29.4. The van der Waals surface area contributed by atoms with Gasteiger partial charge in [-0.2, -0.15) is 0 Å². The van der Waals surface area contributed by atoms with Gasteiger partial charge in [-0.1, -0.05) is 20.3 Å². The zero-order valence-electron chi connectivity index (χ0n) is 12.4. The van der Waals surface area contributed by atoms with E-state index in [1.165, 1.54) is 6.42 Å². The second-order valence-corrected chi connectivity index (χ2v) is 7.82. The van der Waals surface area contributed by atoms with Crippen LogP contribution >= 0.6 is 0 Å². The summed E-state index contributed by atoms with van der Waals surface area (Å²) in [4.78, 5) is 0.328. The number of hydrogen-bond acceptors (Lipinski definition) is 3. The Labute approximate surface area is 121 Å². The Balaban J connectivity index is 2.12. The van der Waals surface area contributed by atoms with E-state index in [2.05, 4.69) is 18.6 Å². The minimum Gasteiger partial charge on any atom is -0.349 e. The van der Waals surface area contributed by atoms with Crippen molar-refractivity contribution >= 4 is 10.0 Å². The van der Waals surface area contributed by atoms with E-state index in [-0.39, 0.29) is 5.41 Å². The first-order valence-corrected chi connectivity index (χ1v) is 8.77. The highest BCUT2D eigenvalue weighted by Gasteiger charge is 2.33. The van der Waals surface area contributed by atoms with E-state index in [4.69, 9.17) is 5.73 Å². The van der Waals surface area contributed by atoms with E-state index < -0.39 is 10.0 Å². The van der Waals surface area contributed by atoms with E-state index in [0.717, 1.165) is 31.5 Å². The van der Waals surface area contributed by atoms with Crippen LogP contribution in [0, 0.1) is 5.41 Å². The molecule has 5 nitrogen and oxygen atoms in total. The maximum Gasteiger partial charge on any atom is 0.242 e. The van der Waals surface area contributed by atoms with Crippen molar-refractivity contribution in [2.24, 2.45) is 11.1 Å². The predicted octanol–water partition coefficient (Wildman–Crippen LogP) is 1.83. The molecule has 0 bridgehead atoms. The second kappa shape index (κ2) is 5.87. The summed E-state index contributed by atoms with van der Waals surface area (Å²) in [6.07, 6.45) is 6.03. The van der Waals surface area contributed by atoms with Crippen molar-refractivity contribution in [1.82, 2.24) is 9.29 Å². The van der Waals surface area contributed by atoms with Crippen LogP contribution in [0.15, 0.2) is 17.2 Å². The van der Waals surface area contributed by atoms with Gasteiger partial charge in [0.1, 0.15) is 0 Å². The van der Waals surface area contributed by atoms with Crippen molar-refractivity contribution < 1.29 is 8.42 Å². The number of sulfonamides is 1. The Morgan fingerprint density at radius 1 is 1.45 bits per heavy atom. The maximum atomic E-state index is 12.3. The number of hydrogen-bond donors (Lipinski definition) is 2. The first-order valence-electron chi connectivity index (χ1n) is 7.29. The third-order valence-corrected chi connectivity index (χ3v) is 5.56. The molecule has 0 atom stereocenters. The van der Waals surface area contributed by atoms with Crippen LogP contribution in [0.4, 0.5) is 0 Å². The molecule has 0 aromatic carbocycles. The van der Waals surface area contributed by atoms with Crippen LogP contribution in [0.25, 0.3) is 0 Å². The molecule has 6 heteroatoms. The highest BCUT2D eigenvalue weighted by molar-refractivity contribution is 7.89. The first kappa shape index (κ1) is 15.5. The van der Waals surface area contributed by atoms with Gasteiger partial charge in [0.15, 0.2) is 0 Å². The van der Waals surface area contributed by atoms with Gasteiger partial charge in [-0.3, -0.25) is 0 Å².